The van der Waals surface area contributed by atoms with Crippen molar-refractivity contribution < 1.29 is 0 Å². The minimum absolute atomic E-state index is 0.666. The average Bonchev–Trinajstić information content (AvgIpc) is 2.71. The molecule has 1 unspecified atom stereocenters. The fourth-order valence-corrected chi connectivity index (χ4v) is 2.67. The Morgan fingerprint density at radius 3 is 3.00 bits per heavy atom. The van der Waals surface area contributed by atoms with E-state index in [-0.39, 0.29) is 0 Å². The third kappa shape index (κ3) is 2.50. The van der Waals surface area contributed by atoms with Crippen LogP contribution in [0.4, 0.5) is 5.69 Å². The first kappa shape index (κ1) is 11.7. The van der Waals surface area contributed by atoms with E-state index in [1.165, 1.54) is 31.4 Å². The molecule has 0 amide bonds. The van der Waals surface area contributed by atoms with Crippen molar-refractivity contribution in [1.82, 2.24) is 4.90 Å². The fourth-order valence-electron chi connectivity index (χ4n) is 2.47. The van der Waals surface area contributed by atoms with E-state index in [4.69, 9.17) is 17.3 Å². The maximum absolute atomic E-state index is 6.03. The minimum Gasteiger partial charge on any atom is -0.398 e. The number of rotatable bonds is 3. The Kier molecular flexibility index (Phi) is 3.72. The first-order valence-corrected chi connectivity index (χ1v) is 6.36. The van der Waals surface area contributed by atoms with E-state index in [2.05, 4.69) is 17.9 Å². The molecule has 1 aliphatic heterocycles. The van der Waals surface area contributed by atoms with Crippen LogP contribution in [-0.4, -0.2) is 17.5 Å². The lowest BCUT2D eigenvalue weighted by atomic mass is 10.1. The predicted octanol–water partition coefficient (Wildman–Crippen LogP) is 3.30. The molecule has 0 spiro atoms. The maximum Gasteiger partial charge on any atom is 0.0638 e. The molecule has 2 N–H and O–H groups in total. The van der Waals surface area contributed by atoms with Crippen LogP contribution in [0.15, 0.2) is 18.2 Å². The molecule has 16 heavy (non-hydrogen) atoms. The third-order valence-electron chi connectivity index (χ3n) is 3.42. The number of nitrogens with zero attached hydrogens (tertiary/aromatic N) is 1. The molecule has 0 aromatic heterocycles. The predicted molar refractivity (Wildman–Crippen MR) is 69.6 cm³/mol. The van der Waals surface area contributed by atoms with Gasteiger partial charge in [-0.1, -0.05) is 24.6 Å². The monoisotopic (exact) mass is 238 g/mol. The number of nitrogens with two attached hydrogens (primary N) is 1. The summed E-state index contributed by atoms with van der Waals surface area (Å²) >= 11 is 6.03. The second kappa shape index (κ2) is 5.07. The number of halogens is 1. The Labute approximate surface area is 102 Å². The molecular weight excluding hydrogens is 220 g/mol. The summed E-state index contributed by atoms with van der Waals surface area (Å²) in [4.78, 5) is 2.54. The zero-order valence-electron chi connectivity index (χ0n) is 9.75. The lowest BCUT2D eigenvalue weighted by Crippen LogP contribution is -2.28. The molecule has 0 radical (unpaired) electrons. The SMILES string of the molecule is CCC1CCCN1Cc1ccc(N)c(Cl)c1. The van der Waals surface area contributed by atoms with Gasteiger partial charge in [-0.05, 0) is 43.5 Å². The quantitative estimate of drug-likeness (QED) is 0.819. The molecule has 1 atom stereocenters. The lowest BCUT2D eigenvalue weighted by molar-refractivity contribution is 0.240. The number of benzene rings is 1. The van der Waals surface area contributed by atoms with Crippen molar-refractivity contribution in [1.29, 1.82) is 0 Å². The van der Waals surface area contributed by atoms with E-state index in [1.807, 2.05) is 12.1 Å². The summed E-state index contributed by atoms with van der Waals surface area (Å²) in [5, 5.41) is 0.671. The van der Waals surface area contributed by atoms with Crippen LogP contribution < -0.4 is 5.73 Å². The standard InChI is InChI=1S/C13H19ClN2/c1-2-11-4-3-7-16(11)9-10-5-6-13(15)12(14)8-10/h5-6,8,11H,2-4,7,9,15H2,1H3. The molecule has 1 fully saturated rings. The molecule has 1 aromatic carbocycles. The van der Waals surface area contributed by atoms with E-state index in [9.17, 15) is 0 Å². The molecule has 1 heterocycles. The summed E-state index contributed by atoms with van der Waals surface area (Å²) in [6.07, 6.45) is 3.89. The van der Waals surface area contributed by atoms with Crippen molar-refractivity contribution >= 4 is 17.3 Å². The number of nitrogen functional groups attached to an aromatic ring is 1. The van der Waals surface area contributed by atoms with Gasteiger partial charge in [0.05, 0.1) is 10.7 Å². The van der Waals surface area contributed by atoms with Crippen molar-refractivity contribution in [2.75, 3.05) is 12.3 Å². The van der Waals surface area contributed by atoms with E-state index in [0.29, 0.717) is 10.7 Å². The Balaban J connectivity index is 2.05. The largest absolute Gasteiger partial charge is 0.398 e. The number of hydrogen-bond donors (Lipinski definition) is 1. The van der Waals surface area contributed by atoms with Gasteiger partial charge in [0.2, 0.25) is 0 Å². The molecule has 2 rings (SSSR count). The van der Waals surface area contributed by atoms with Gasteiger partial charge in [0.25, 0.3) is 0 Å². The van der Waals surface area contributed by atoms with Crippen molar-refractivity contribution in [2.24, 2.45) is 0 Å². The van der Waals surface area contributed by atoms with Gasteiger partial charge in [0, 0.05) is 12.6 Å². The molecule has 2 nitrogen and oxygen atoms in total. The molecule has 3 heteroatoms. The second-order valence-electron chi connectivity index (χ2n) is 4.53. The van der Waals surface area contributed by atoms with Crippen LogP contribution in [0.3, 0.4) is 0 Å². The van der Waals surface area contributed by atoms with E-state index in [1.54, 1.807) is 0 Å². The topological polar surface area (TPSA) is 29.3 Å². The lowest BCUT2D eigenvalue weighted by Gasteiger charge is -2.23. The second-order valence-corrected chi connectivity index (χ2v) is 4.94. The molecule has 1 aromatic rings. The highest BCUT2D eigenvalue weighted by atomic mass is 35.5. The molecule has 0 bridgehead atoms. The number of anilines is 1. The van der Waals surface area contributed by atoms with Crippen LogP contribution in [0.5, 0.6) is 0 Å². The van der Waals surface area contributed by atoms with Gasteiger partial charge in [0.15, 0.2) is 0 Å². The zero-order valence-corrected chi connectivity index (χ0v) is 10.5. The number of likely N-dealkylation sites (tertiary alicyclic amines) is 1. The van der Waals surface area contributed by atoms with Gasteiger partial charge in [-0.15, -0.1) is 0 Å². The summed E-state index contributed by atoms with van der Waals surface area (Å²) in [6, 6.07) is 6.71. The van der Waals surface area contributed by atoms with Gasteiger partial charge in [0.1, 0.15) is 0 Å². The summed E-state index contributed by atoms with van der Waals surface area (Å²) < 4.78 is 0. The minimum atomic E-state index is 0.666. The van der Waals surface area contributed by atoms with E-state index >= 15 is 0 Å². The van der Waals surface area contributed by atoms with Crippen LogP contribution in [0, 0.1) is 0 Å². The van der Waals surface area contributed by atoms with Gasteiger partial charge in [-0.3, -0.25) is 4.90 Å². The molecular formula is C13H19ClN2. The van der Waals surface area contributed by atoms with Crippen molar-refractivity contribution in [3.63, 3.8) is 0 Å². The normalized spacial score (nSPS) is 21.5. The van der Waals surface area contributed by atoms with Gasteiger partial charge >= 0.3 is 0 Å². The van der Waals surface area contributed by atoms with Crippen LogP contribution in [0.25, 0.3) is 0 Å². The van der Waals surface area contributed by atoms with Crippen LogP contribution in [0.2, 0.25) is 5.02 Å². The van der Waals surface area contributed by atoms with Gasteiger partial charge in [-0.2, -0.15) is 0 Å². The van der Waals surface area contributed by atoms with E-state index < -0.39 is 0 Å². The Hall–Kier alpha value is -0.730. The molecule has 0 aliphatic carbocycles. The van der Waals surface area contributed by atoms with E-state index in [0.717, 1.165) is 12.6 Å². The maximum atomic E-state index is 6.03. The third-order valence-corrected chi connectivity index (χ3v) is 3.75. The van der Waals surface area contributed by atoms with Gasteiger partial charge < -0.3 is 5.73 Å². The number of hydrogen-bond acceptors (Lipinski definition) is 2. The van der Waals surface area contributed by atoms with Crippen molar-refractivity contribution in [3.05, 3.63) is 28.8 Å². The Morgan fingerprint density at radius 1 is 1.50 bits per heavy atom. The highest BCUT2D eigenvalue weighted by molar-refractivity contribution is 6.33. The molecule has 1 aliphatic rings. The fraction of sp³-hybridized carbons (Fsp3) is 0.538. The smallest absolute Gasteiger partial charge is 0.0638 e. The van der Waals surface area contributed by atoms with Crippen LogP contribution in [-0.2, 0) is 6.54 Å². The summed E-state index contributed by atoms with van der Waals surface area (Å²) in [5.74, 6) is 0. The highest BCUT2D eigenvalue weighted by Gasteiger charge is 2.22. The van der Waals surface area contributed by atoms with Crippen molar-refractivity contribution in [2.45, 2.75) is 38.8 Å². The zero-order chi connectivity index (χ0) is 11.5. The average molecular weight is 239 g/mol. The van der Waals surface area contributed by atoms with Crippen molar-refractivity contribution in [3.8, 4) is 0 Å². The first-order valence-electron chi connectivity index (χ1n) is 5.98. The Bertz CT molecular complexity index is 365. The van der Waals surface area contributed by atoms with Gasteiger partial charge in [-0.25, -0.2) is 0 Å². The molecule has 0 saturated carbocycles. The summed E-state index contributed by atoms with van der Waals surface area (Å²) in [5.41, 5.74) is 7.63. The molecule has 1 saturated heterocycles. The van der Waals surface area contributed by atoms with Crippen LogP contribution >= 0.6 is 11.6 Å². The first-order chi connectivity index (χ1) is 7.70. The highest BCUT2D eigenvalue weighted by Crippen LogP contribution is 2.25. The molecule has 88 valence electrons. The summed E-state index contributed by atoms with van der Waals surface area (Å²) in [7, 11) is 0. The summed E-state index contributed by atoms with van der Waals surface area (Å²) in [6.45, 7) is 4.47. The Morgan fingerprint density at radius 2 is 2.31 bits per heavy atom. The van der Waals surface area contributed by atoms with Crippen LogP contribution in [0.1, 0.15) is 31.7 Å².